The van der Waals surface area contributed by atoms with Crippen LogP contribution in [0.5, 0.6) is 0 Å². The van der Waals surface area contributed by atoms with Crippen molar-refractivity contribution in [3.63, 3.8) is 0 Å². The van der Waals surface area contributed by atoms with E-state index in [-0.39, 0.29) is 19.2 Å². The van der Waals surface area contributed by atoms with Gasteiger partial charge in [-0.25, -0.2) is 0 Å². The van der Waals surface area contributed by atoms with Crippen molar-refractivity contribution in [2.45, 2.75) is 38.7 Å². The molecule has 1 N–H and O–H groups in total. The third-order valence-corrected chi connectivity index (χ3v) is 2.15. The van der Waals surface area contributed by atoms with Gasteiger partial charge in [-0.1, -0.05) is 19.8 Å². The maximum Gasteiger partial charge on any atom is 0.488 e. The summed E-state index contributed by atoms with van der Waals surface area (Å²) in [6.07, 6.45) is 1.94. The fourth-order valence-corrected chi connectivity index (χ4v) is 1.27. The monoisotopic (exact) mass is 252 g/mol. The molecule has 0 heterocycles. The van der Waals surface area contributed by atoms with Crippen LogP contribution in [0.4, 0.5) is 0 Å². The minimum atomic E-state index is -2.97. The maximum atomic E-state index is 11.1. The first-order valence-electron chi connectivity index (χ1n) is 5.17. The van der Waals surface area contributed by atoms with Crippen molar-refractivity contribution < 1.29 is 28.6 Å². The van der Waals surface area contributed by atoms with Gasteiger partial charge in [-0.3, -0.25) is 4.79 Å². The Labute approximate surface area is 95.5 Å². The molecule has 94 valence electrons. The molecule has 0 spiro atoms. The zero-order chi connectivity index (χ0) is 12.4. The number of hydrogen-bond acceptors (Lipinski definition) is 6. The molecule has 0 rings (SSSR count). The molecule has 0 bridgehead atoms. The molecule has 0 aliphatic carbocycles. The Bertz CT molecular complexity index is 220. The molecule has 0 aliphatic heterocycles. The Morgan fingerprint density at radius 3 is 2.69 bits per heavy atom. The number of hydrogen-bond donors (Lipinski definition) is 1. The molecule has 0 radical (unpaired) electrons. The number of carbonyl (C=O) groups is 1. The molecule has 0 aromatic carbocycles. The Morgan fingerprint density at radius 2 is 2.12 bits per heavy atom. The standard InChI is InChI=1S/C9H17O6P/c1-2-3-4-5-9(11)14-6-8(10)7-15-16(12)13/h8,10H,2-7H2,1H3. The lowest BCUT2D eigenvalue weighted by atomic mass is 10.2. The fourth-order valence-electron chi connectivity index (χ4n) is 0.976. The topological polar surface area (TPSA) is 95.9 Å². The summed E-state index contributed by atoms with van der Waals surface area (Å²) in [4.78, 5) is 21.1. The first-order chi connectivity index (χ1) is 7.56. The molecule has 2 unspecified atom stereocenters. The minimum absolute atomic E-state index is 0.242. The van der Waals surface area contributed by atoms with Crippen LogP contribution in [0, 0.1) is 0 Å². The highest BCUT2D eigenvalue weighted by molar-refractivity contribution is 7.30. The van der Waals surface area contributed by atoms with E-state index in [1.54, 1.807) is 0 Å². The Hall–Kier alpha value is -0.550. The maximum absolute atomic E-state index is 11.1. The van der Waals surface area contributed by atoms with Crippen LogP contribution >= 0.6 is 8.25 Å². The molecule has 0 aromatic heterocycles. The summed E-state index contributed by atoms with van der Waals surface area (Å²) in [5.41, 5.74) is 0. The summed E-state index contributed by atoms with van der Waals surface area (Å²) < 4.78 is 18.9. The molecule has 6 nitrogen and oxygen atoms in total. The van der Waals surface area contributed by atoms with Crippen molar-refractivity contribution in [3.8, 4) is 0 Å². The lowest BCUT2D eigenvalue weighted by Gasteiger charge is -2.08. The van der Waals surface area contributed by atoms with Crippen LogP contribution in [-0.4, -0.2) is 30.4 Å². The second-order valence-corrected chi connectivity index (χ2v) is 4.02. The summed E-state index contributed by atoms with van der Waals surface area (Å²) in [5.74, 6) is -0.390. The van der Waals surface area contributed by atoms with Crippen LogP contribution in [0.25, 0.3) is 0 Å². The summed E-state index contributed by atoms with van der Waals surface area (Å²) in [6, 6.07) is 0. The molecule has 0 fully saturated rings. The van der Waals surface area contributed by atoms with E-state index in [1.807, 2.05) is 6.92 Å². The van der Waals surface area contributed by atoms with Gasteiger partial charge in [0.15, 0.2) is 0 Å². The van der Waals surface area contributed by atoms with Crippen LogP contribution in [0.3, 0.4) is 0 Å². The summed E-state index contributed by atoms with van der Waals surface area (Å²) in [7, 11) is -2.97. The number of carbonyl (C=O) groups excluding carboxylic acids is 1. The van der Waals surface area contributed by atoms with E-state index in [4.69, 9.17) is 9.84 Å². The fraction of sp³-hybridized carbons (Fsp3) is 0.889. The number of ether oxygens (including phenoxy) is 1. The predicted molar refractivity (Wildman–Crippen MR) is 54.7 cm³/mol. The predicted octanol–water partition coefficient (Wildman–Crippen LogP) is 0.505. The zero-order valence-electron chi connectivity index (χ0n) is 9.26. The third kappa shape index (κ3) is 9.98. The molecule has 0 saturated heterocycles. The van der Waals surface area contributed by atoms with E-state index < -0.39 is 14.4 Å². The van der Waals surface area contributed by atoms with E-state index in [1.165, 1.54) is 0 Å². The molecule has 0 amide bonds. The largest absolute Gasteiger partial charge is 0.566 e. The van der Waals surface area contributed by atoms with Gasteiger partial charge in [-0.15, -0.1) is 4.52 Å². The first kappa shape index (κ1) is 15.4. The molecule has 0 saturated carbocycles. The van der Waals surface area contributed by atoms with Crippen molar-refractivity contribution in [3.05, 3.63) is 0 Å². The van der Waals surface area contributed by atoms with Gasteiger partial charge in [0, 0.05) is 6.42 Å². The van der Waals surface area contributed by atoms with Crippen molar-refractivity contribution in [1.29, 1.82) is 0 Å². The second-order valence-electron chi connectivity index (χ2n) is 3.31. The third-order valence-electron chi connectivity index (χ3n) is 1.79. The lowest BCUT2D eigenvalue weighted by Crippen LogP contribution is -2.23. The highest BCUT2D eigenvalue weighted by Gasteiger charge is 2.12. The Balaban J connectivity index is 3.47. The van der Waals surface area contributed by atoms with Gasteiger partial charge >= 0.3 is 14.2 Å². The average molecular weight is 252 g/mol. The van der Waals surface area contributed by atoms with E-state index in [2.05, 4.69) is 4.52 Å². The molecule has 0 aliphatic rings. The van der Waals surface area contributed by atoms with Crippen molar-refractivity contribution in [2.24, 2.45) is 0 Å². The van der Waals surface area contributed by atoms with Crippen molar-refractivity contribution in [2.75, 3.05) is 13.2 Å². The molecule has 16 heavy (non-hydrogen) atoms. The van der Waals surface area contributed by atoms with Gasteiger partial charge in [0.25, 0.3) is 0 Å². The van der Waals surface area contributed by atoms with E-state index in [0.717, 1.165) is 19.3 Å². The second kappa shape index (κ2) is 9.66. The number of esters is 1. The Morgan fingerprint density at radius 1 is 1.44 bits per heavy atom. The van der Waals surface area contributed by atoms with Crippen LogP contribution in [-0.2, 0) is 18.6 Å². The molecule has 0 aromatic rings. The van der Waals surface area contributed by atoms with Gasteiger partial charge in [0.1, 0.15) is 19.3 Å². The highest BCUT2D eigenvalue weighted by atomic mass is 31.1. The van der Waals surface area contributed by atoms with E-state index >= 15 is 0 Å². The molecular formula is C9H17O6P. The number of aliphatic hydroxyl groups is 1. The van der Waals surface area contributed by atoms with Crippen LogP contribution in [0.1, 0.15) is 32.6 Å². The van der Waals surface area contributed by atoms with Gasteiger partial charge in [-0.05, 0) is 11.0 Å². The number of aliphatic hydroxyl groups excluding tert-OH is 1. The number of rotatable bonds is 9. The zero-order valence-corrected chi connectivity index (χ0v) is 10.2. The summed E-state index contributed by atoms with van der Waals surface area (Å²) in [5, 5.41) is 9.15. The van der Waals surface area contributed by atoms with Crippen LogP contribution in [0.15, 0.2) is 0 Å². The van der Waals surface area contributed by atoms with Crippen LogP contribution < -0.4 is 4.89 Å². The first-order valence-corrected chi connectivity index (χ1v) is 6.26. The Kier molecular flexibility index (Phi) is 9.33. The quantitative estimate of drug-likeness (QED) is 0.365. The molecule has 2 atom stereocenters. The highest BCUT2D eigenvalue weighted by Crippen LogP contribution is 2.09. The smallest absolute Gasteiger partial charge is 0.488 e. The number of unbranched alkanes of at least 4 members (excludes halogenated alkanes) is 2. The SMILES string of the molecule is CCCCCC(=O)OCC(O)CO[P+](=O)[O-]. The normalized spacial score (nSPS) is 13.3. The van der Waals surface area contributed by atoms with Gasteiger partial charge in [-0.2, -0.15) is 0 Å². The van der Waals surface area contributed by atoms with Gasteiger partial charge in [0.05, 0.1) is 0 Å². The van der Waals surface area contributed by atoms with Gasteiger partial charge < -0.3 is 14.7 Å². The van der Waals surface area contributed by atoms with E-state index in [9.17, 15) is 14.3 Å². The summed E-state index contributed by atoms with van der Waals surface area (Å²) in [6.45, 7) is 1.39. The van der Waals surface area contributed by atoms with Gasteiger partial charge in [0.2, 0.25) is 0 Å². The van der Waals surface area contributed by atoms with Crippen molar-refractivity contribution >= 4 is 14.2 Å². The lowest BCUT2D eigenvalue weighted by molar-refractivity contribution is -0.187. The average Bonchev–Trinajstić information content (AvgIpc) is 2.24. The molecule has 7 heteroatoms. The minimum Gasteiger partial charge on any atom is -0.566 e. The molecular weight excluding hydrogens is 235 g/mol. The van der Waals surface area contributed by atoms with Crippen LogP contribution in [0.2, 0.25) is 0 Å². The van der Waals surface area contributed by atoms with E-state index in [0.29, 0.717) is 6.42 Å². The van der Waals surface area contributed by atoms with Crippen molar-refractivity contribution in [1.82, 2.24) is 0 Å². The summed E-state index contributed by atoms with van der Waals surface area (Å²) >= 11 is 0.